The molecule has 0 unspecified atom stereocenters. The van der Waals surface area contributed by atoms with Gasteiger partial charge in [0.2, 0.25) is 6.29 Å². The zero-order valence-corrected chi connectivity index (χ0v) is 86.3. The van der Waals surface area contributed by atoms with Gasteiger partial charge in [0.25, 0.3) is 23.6 Å². The first-order chi connectivity index (χ1) is 69.9. The van der Waals surface area contributed by atoms with Crippen molar-refractivity contribution in [1.29, 1.82) is 0 Å². The van der Waals surface area contributed by atoms with Crippen LogP contribution in [0.15, 0.2) is 217 Å². The van der Waals surface area contributed by atoms with Crippen molar-refractivity contribution in [2.75, 3.05) is 122 Å². The monoisotopic (exact) mass is 2200 g/mol. The molecule has 0 saturated carbocycles. The fourth-order valence-corrected chi connectivity index (χ4v) is 16.2. The number of furan rings is 4. The second-order valence-electron chi connectivity index (χ2n) is 33.9. The predicted molar refractivity (Wildman–Crippen MR) is 568 cm³/mol. The third kappa shape index (κ3) is 32.5. The number of morpholine rings is 4. The number of amides is 4. The van der Waals surface area contributed by atoms with Crippen molar-refractivity contribution in [1.82, 2.24) is 49.5 Å². The number of hydrogen-bond donors (Lipinski definition) is 4. The number of allylic oxidation sites excluding steroid dienone is 1. The summed E-state index contributed by atoms with van der Waals surface area (Å²) >= 11 is 38.3. The Balaban J connectivity index is 0.000000169. The molecule has 5 saturated heterocycles. The summed E-state index contributed by atoms with van der Waals surface area (Å²) in [7, 11) is -0.406. The third-order valence-corrected chi connectivity index (χ3v) is 24.9. The molecule has 19 rings (SSSR count). The highest BCUT2D eigenvalue weighted by atomic mass is 79.9. The number of halogens is 10. The summed E-state index contributed by atoms with van der Waals surface area (Å²) in [4.78, 5) is 113. The predicted octanol–water partition coefficient (Wildman–Crippen LogP) is 20.9. The van der Waals surface area contributed by atoms with Crippen LogP contribution in [0, 0.1) is 0 Å². The molecule has 5 aliphatic rings. The van der Waals surface area contributed by atoms with Gasteiger partial charge in [0.1, 0.15) is 39.3 Å². The molecule has 31 nitrogen and oxygen atoms in total. The fraction of sp³-hybridized carbons (Fsp3) is 0.305. The average Bonchev–Trinajstić information content (AvgIpc) is 1.61. The Morgan fingerprint density at radius 2 is 0.769 bits per heavy atom. The van der Waals surface area contributed by atoms with Crippen molar-refractivity contribution in [3.63, 3.8) is 0 Å². The molecule has 0 radical (unpaired) electrons. The molecular formula is C105H108BBrCl6F3N13O18. The number of nitrogen functional groups attached to an aromatic ring is 2. The molecular weight excluding hydrogens is 2090 g/mol. The van der Waals surface area contributed by atoms with E-state index >= 15 is 0 Å². The minimum absolute atomic E-state index is 0. The molecule has 4 aromatic carbocycles. The maximum Gasteiger partial charge on any atom is 0.494 e. The quantitative estimate of drug-likeness (QED) is 0.0204. The van der Waals surface area contributed by atoms with Crippen LogP contribution in [-0.2, 0) is 68.4 Å². The second-order valence-corrected chi connectivity index (χ2v) is 37.2. The van der Waals surface area contributed by atoms with Gasteiger partial charge in [0, 0.05) is 160 Å². The number of aliphatic carboxylic acids is 1. The van der Waals surface area contributed by atoms with E-state index in [0.29, 0.717) is 218 Å². The summed E-state index contributed by atoms with van der Waals surface area (Å²) in [5.41, 5.74) is 28.0. The van der Waals surface area contributed by atoms with E-state index in [1.54, 1.807) is 117 Å². The van der Waals surface area contributed by atoms with Gasteiger partial charge in [-0.1, -0.05) is 73.7 Å². The summed E-state index contributed by atoms with van der Waals surface area (Å²) in [6, 6.07) is 44.3. The summed E-state index contributed by atoms with van der Waals surface area (Å²) < 4.78 is 88.2. The van der Waals surface area contributed by atoms with Crippen molar-refractivity contribution in [2.24, 2.45) is 5.73 Å². The van der Waals surface area contributed by atoms with Gasteiger partial charge in [-0.25, -0.2) is 19.7 Å². The number of anilines is 2. The van der Waals surface area contributed by atoms with Crippen molar-refractivity contribution in [2.45, 2.75) is 98.6 Å². The van der Waals surface area contributed by atoms with Gasteiger partial charge < -0.3 is 87.8 Å². The molecule has 42 heteroatoms. The number of nitrogens with zero attached hydrogens (tertiary/aromatic N) is 10. The molecule has 14 aromatic rings. The van der Waals surface area contributed by atoms with Crippen LogP contribution < -0.4 is 22.7 Å². The van der Waals surface area contributed by atoms with Gasteiger partial charge in [-0.05, 0) is 218 Å². The molecule has 4 amide bonds. The number of ketones is 1. The van der Waals surface area contributed by atoms with Crippen LogP contribution in [0.3, 0.4) is 0 Å². The Morgan fingerprint density at radius 1 is 0.449 bits per heavy atom. The zero-order valence-electron chi connectivity index (χ0n) is 80.2. The lowest BCUT2D eigenvalue weighted by atomic mass is 9.78. The molecule has 147 heavy (non-hydrogen) atoms. The number of aromatic nitrogens is 6. The SMILES string of the molecule is C.CCc1cc2cc(-c3ccc(C(=O)N4CCOCC4)cn3)cc(Cl)c2o1.CCc1cc2cc(B3OC(C)(C)C(C)(C)O3)cc(Cl)c2o1.ClCCl.NCc1cc2cc(-c3ccc(C(=O)N4CCOCC4)cn3)cc(Cl)c2o1.Nc1ccc(/C=C/C(=O)CCc2cc3cc(-c4ccc(C(=O)N5CCOCC5)cn4)cc(Cl)c3o2)cn1.Nc1ccc(/C=C/C(=O)O)cn1.O=C(c1ccc(Br)nc1)N1CCOCC1.O=CC(F)(F)F. The number of fused-ring (bicyclic) bond motifs is 4. The normalized spacial score (nSPS) is 14.7. The van der Waals surface area contributed by atoms with E-state index in [-0.39, 0.29) is 53.4 Å². The number of aldehydes is 1. The van der Waals surface area contributed by atoms with Crippen LogP contribution in [0.1, 0.15) is 131 Å². The first-order valence-electron chi connectivity index (χ1n) is 46.1. The van der Waals surface area contributed by atoms with Crippen molar-refractivity contribution < 1.29 is 97.8 Å². The lowest BCUT2D eigenvalue weighted by Crippen LogP contribution is -2.41. The maximum absolute atomic E-state index is 12.7. The zero-order chi connectivity index (χ0) is 105. The lowest BCUT2D eigenvalue weighted by Gasteiger charge is -2.32. The van der Waals surface area contributed by atoms with E-state index in [0.717, 1.165) is 101 Å². The Hall–Kier alpha value is -12.5. The van der Waals surface area contributed by atoms with Gasteiger partial charge in [-0.3, -0.25) is 43.7 Å². The highest BCUT2D eigenvalue weighted by molar-refractivity contribution is 9.10. The maximum atomic E-state index is 12.7. The Labute approximate surface area is 884 Å². The molecule has 0 atom stereocenters. The van der Waals surface area contributed by atoms with Crippen molar-refractivity contribution >= 4 is 207 Å². The highest BCUT2D eigenvalue weighted by Crippen LogP contribution is 2.40. The van der Waals surface area contributed by atoms with Crippen LogP contribution in [0.2, 0.25) is 20.1 Å². The number of nitrogens with two attached hydrogens (primary N) is 3. The topological polar surface area (TPSA) is 416 Å². The summed E-state index contributed by atoms with van der Waals surface area (Å²) in [6.45, 7) is 22.2. The number of pyridine rings is 6. The molecule has 0 aliphatic carbocycles. The van der Waals surface area contributed by atoms with E-state index < -0.39 is 25.6 Å². The minimum Gasteiger partial charge on any atom is -0.478 e. The highest BCUT2D eigenvalue weighted by Gasteiger charge is 2.52. The van der Waals surface area contributed by atoms with E-state index in [4.69, 9.17) is 143 Å². The average molecular weight is 2200 g/mol. The number of alkyl halides is 5. The van der Waals surface area contributed by atoms with E-state index in [9.17, 15) is 41.9 Å². The number of carbonyl (C=O) groups is 7. The molecule has 15 heterocycles. The molecule has 7 N–H and O–H groups in total. The minimum atomic E-state index is -4.64. The van der Waals surface area contributed by atoms with Crippen LogP contribution in [0.25, 0.3) is 89.8 Å². The van der Waals surface area contributed by atoms with Crippen molar-refractivity contribution in [3.8, 4) is 33.8 Å². The van der Waals surface area contributed by atoms with Gasteiger partial charge in [-0.15, -0.1) is 23.2 Å². The second kappa shape index (κ2) is 54.4. The Bertz CT molecular complexity index is 6710. The summed E-state index contributed by atoms with van der Waals surface area (Å²) in [5.74, 6) is 2.96. The first kappa shape index (κ1) is 115. The van der Waals surface area contributed by atoms with Gasteiger partial charge >= 0.3 is 19.3 Å². The molecule has 0 bridgehead atoms. The molecule has 5 fully saturated rings. The van der Waals surface area contributed by atoms with Crippen LogP contribution in [0.4, 0.5) is 24.8 Å². The standard InChI is InChI=1S/C28H25ClN4O4.C20H19ClN2O3.C19H18ClN3O3.C16H20BClO3.C10H11BrN2O2.C8H8N2O2.C2HF3O.CH2Cl2.CH4/c29-24-15-20(25-7-3-19(17-31-25)28(35)33-9-11-36-12-10-33)13-21-14-23(37-27(21)24)6-5-22(34)4-1-18-2-8-26(30)32-16-18;1-2-16-10-15-9-14(11-17(21)19(15)26-16)18-4-3-13(12-22-18)20(24)23-5-7-25-8-6-23;20-16-9-13(7-14-8-15(10-21)26-18(14)16)17-2-1-12(11-22-17)19(24)23-3-5-25-6-4-23;1-6-12-8-10-7-11(9-13(18)14(10)19-12)17-20-15(2,3)16(4,5)21-17;11-9-2-1-8(7-12-9)10(14)13-3-5-15-6-4-13;9-7-3-1-6(5-10-7)2-4-8(11)12;3-2(4,5)1-6;2-1-3;/h1-4,7-8,13-17H,5-6,9-12H2,(H2,30,32);3-4,9-12H,2,5-8H2,1H3;1-2,7-9,11H,3-6,10,21H2;7-9H,6H2,1-5H3;1-2,7H,3-6H2;1-5H,(H2,9,10)(H,11,12);1H;1H2;1H4/b4-1+;;;;;4-2+;;;. The number of ether oxygens (including phenoxy) is 4. The number of rotatable bonds is 18. The number of carboxylic acids is 1. The Kier molecular flexibility index (Phi) is 42.5. The number of carboxylic acid groups (broad SMARTS) is 1. The summed E-state index contributed by atoms with van der Waals surface area (Å²) in [5, 5.41) is 14.3. The number of benzene rings is 4. The van der Waals surface area contributed by atoms with E-state index in [1.807, 2.05) is 120 Å². The molecule has 5 aliphatic heterocycles. The first-order valence-corrected chi connectivity index (χ1v) is 49.4. The van der Waals surface area contributed by atoms with Crippen molar-refractivity contribution in [3.05, 3.63) is 276 Å². The fourth-order valence-electron chi connectivity index (χ4n) is 14.9. The summed E-state index contributed by atoms with van der Waals surface area (Å²) in [6.07, 6.45) is 12.0. The van der Waals surface area contributed by atoms with E-state index in [2.05, 4.69) is 52.8 Å². The van der Waals surface area contributed by atoms with Crippen LogP contribution in [-0.4, -0.2) is 231 Å². The third-order valence-electron chi connectivity index (χ3n) is 23.3. The number of hydrogen-bond acceptors (Lipinski definition) is 26. The van der Waals surface area contributed by atoms with E-state index in [1.165, 1.54) is 18.3 Å². The van der Waals surface area contributed by atoms with Gasteiger partial charge in [-0.2, -0.15) is 13.2 Å². The van der Waals surface area contributed by atoms with Crippen LogP contribution in [0.5, 0.6) is 0 Å². The molecule has 774 valence electrons. The number of carbonyl (C=O) groups excluding carboxylic acids is 6. The molecule has 10 aromatic heterocycles. The largest absolute Gasteiger partial charge is 0.494 e. The van der Waals surface area contributed by atoms with Crippen LogP contribution >= 0.6 is 85.5 Å². The smallest absolute Gasteiger partial charge is 0.478 e. The van der Waals surface area contributed by atoms with Gasteiger partial charge in [0.15, 0.2) is 28.1 Å². The Morgan fingerprint density at radius 3 is 1.08 bits per heavy atom. The number of aryl methyl sites for hydroxylation is 3. The lowest BCUT2D eigenvalue weighted by molar-refractivity contribution is -0.156. The van der Waals surface area contributed by atoms with Gasteiger partial charge in [0.05, 0.1) is 135 Å². The molecule has 0 spiro atoms.